The molecular weight excluding hydrogens is 387 g/mol. The lowest BCUT2D eigenvalue weighted by atomic mass is 10.1. The molecule has 0 unspecified atom stereocenters. The van der Waals surface area contributed by atoms with Crippen molar-refractivity contribution in [3.05, 3.63) is 89.2 Å². The highest BCUT2D eigenvalue weighted by Gasteiger charge is 2.16. The van der Waals surface area contributed by atoms with Gasteiger partial charge in [0.1, 0.15) is 5.82 Å². The Balaban J connectivity index is 1.41. The highest BCUT2D eigenvalue weighted by atomic mass is 19.1. The van der Waals surface area contributed by atoms with Crippen molar-refractivity contribution >= 4 is 17.5 Å². The van der Waals surface area contributed by atoms with Crippen LogP contribution in [0.2, 0.25) is 0 Å². The molecule has 0 spiro atoms. The molecular formula is C23H19FN2O4. The van der Waals surface area contributed by atoms with Gasteiger partial charge < -0.3 is 20.1 Å². The second-order valence-corrected chi connectivity index (χ2v) is 6.73. The minimum Gasteiger partial charge on any atom is -0.454 e. The molecule has 0 radical (unpaired) electrons. The number of hydrogen-bond donors (Lipinski definition) is 2. The van der Waals surface area contributed by atoms with E-state index in [9.17, 15) is 14.0 Å². The van der Waals surface area contributed by atoms with Gasteiger partial charge in [-0.1, -0.05) is 36.4 Å². The van der Waals surface area contributed by atoms with Gasteiger partial charge in [0.15, 0.2) is 11.5 Å². The summed E-state index contributed by atoms with van der Waals surface area (Å²) in [5, 5.41) is 5.53. The minimum atomic E-state index is -0.442. The predicted octanol–water partition coefficient (Wildman–Crippen LogP) is 3.67. The molecule has 0 aliphatic carbocycles. The first-order valence-corrected chi connectivity index (χ1v) is 9.39. The zero-order valence-electron chi connectivity index (χ0n) is 16.0. The van der Waals surface area contributed by atoms with Crippen molar-refractivity contribution in [2.45, 2.75) is 13.0 Å². The predicted molar refractivity (Wildman–Crippen MR) is 109 cm³/mol. The summed E-state index contributed by atoms with van der Waals surface area (Å²) in [6.45, 7) is 0.470. The molecule has 0 bridgehead atoms. The number of halogens is 1. The topological polar surface area (TPSA) is 76.7 Å². The molecule has 2 N–H and O–H groups in total. The molecule has 4 rings (SSSR count). The Morgan fingerprint density at radius 2 is 1.70 bits per heavy atom. The van der Waals surface area contributed by atoms with Gasteiger partial charge in [0, 0.05) is 6.54 Å². The Bertz CT molecular complexity index is 1100. The number of fused-ring (bicyclic) bond motifs is 1. The van der Waals surface area contributed by atoms with Crippen LogP contribution in [0.5, 0.6) is 11.5 Å². The molecule has 30 heavy (non-hydrogen) atoms. The number of amides is 2. The van der Waals surface area contributed by atoms with Crippen LogP contribution in [0.1, 0.15) is 21.5 Å². The molecule has 0 saturated heterocycles. The first-order chi connectivity index (χ1) is 14.6. The summed E-state index contributed by atoms with van der Waals surface area (Å²) in [6.07, 6.45) is -0.125. The van der Waals surface area contributed by atoms with Crippen molar-refractivity contribution in [1.29, 1.82) is 0 Å². The van der Waals surface area contributed by atoms with Crippen molar-refractivity contribution in [1.82, 2.24) is 5.32 Å². The number of benzene rings is 3. The number of ether oxygens (including phenoxy) is 2. The first kappa shape index (κ1) is 19.4. The van der Waals surface area contributed by atoms with E-state index in [0.29, 0.717) is 28.3 Å². The molecule has 2 amide bonds. The van der Waals surface area contributed by atoms with E-state index in [0.717, 1.165) is 5.56 Å². The maximum absolute atomic E-state index is 13.8. The van der Waals surface area contributed by atoms with Crippen molar-refractivity contribution in [3.63, 3.8) is 0 Å². The first-order valence-electron chi connectivity index (χ1n) is 9.39. The molecule has 0 saturated carbocycles. The van der Waals surface area contributed by atoms with E-state index < -0.39 is 11.7 Å². The SMILES string of the molecule is O=C(Cc1ccccc1F)Nc1ccccc1C(=O)NCc1ccc2c(c1)OCO2. The fourth-order valence-corrected chi connectivity index (χ4v) is 3.13. The number of anilines is 1. The monoisotopic (exact) mass is 406 g/mol. The molecule has 152 valence electrons. The van der Waals surface area contributed by atoms with Gasteiger partial charge in [-0.15, -0.1) is 0 Å². The number of nitrogens with one attached hydrogen (secondary N) is 2. The standard InChI is InChI=1S/C23H19FN2O4/c24-18-7-3-1-5-16(18)12-22(27)26-19-8-4-2-6-17(19)23(28)25-13-15-9-10-20-21(11-15)30-14-29-20/h1-11H,12-14H2,(H,25,28)(H,26,27). The second-order valence-electron chi connectivity index (χ2n) is 6.73. The highest BCUT2D eigenvalue weighted by molar-refractivity contribution is 6.04. The minimum absolute atomic E-state index is 0.125. The van der Waals surface area contributed by atoms with Crippen LogP contribution in [0.15, 0.2) is 66.7 Å². The molecule has 1 aliphatic heterocycles. The van der Waals surface area contributed by atoms with Crippen molar-refractivity contribution in [3.8, 4) is 11.5 Å². The Kier molecular flexibility index (Phi) is 5.61. The van der Waals surface area contributed by atoms with Gasteiger partial charge in [-0.25, -0.2) is 4.39 Å². The van der Waals surface area contributed by atoms with Gasteiger partial charge in [-0.05, 0) is 41.5 Å². The molecule has 1 heterocycles. The Hall–Kier alpha value is -3.87. The van der Waals surface area contributed by atoms with Crippen LogP contribution in [-0.2, 0) is 17.8 Å². The number of carbonyl (C=O) groups is 2. The molecule has 6 nitrogen and oxygen atoms in total. The van der Waals surface area contributed by atoms with Crippen molar-refractivity contribution in [2.75, 3.05) is 12.1 Å². The van der Waals surface area contributed by atoms with Gasteiger partial charge >= 0.3 is 0 Å². The summed E-state index contributed by atoms with van der Waals surface area (Å²) in [5.41, 5.74) is 1.83. The van der Waals surface area contributed by atoms with E-state index in [4.69, 9.17) is 9.47 Å². The average Bonchev–Trinajstić information content (AvgIpc) is 3.22. The second kappa shape index (κ2) is 8.65. The lowest BCUT2D eigenvalue weighted by Crippen LogP contribution is -2.25. The van der Waals surface area contributed by atoms with E-state index in [-0.39, 0.29) is 25.7 Å². The fourth-order valence-electron chi connectivity index (χ4n) is 3.13. The zero-order valence-corrected chi connectivity index (χ0v) is 16.0. The van der Waals surface area contributed by atoms with Gasteiger partial charge in [0.05, 0.1) is 17.7 Å². The Labute approximate surface area is 172 Å². The number of hydrogen-bond acceptors (Lipinski definition) is 4. The van der Waals surface area contributed by atoms with E-state index >= 15 is 0 Å². The van der Waals surface area contributed by atoms with Gasteiger partial charge in [-0.2, -0.15) is 0 Å². The normalized spacial score (nSPS) is 11.8. The van der Waals surface area contributed by atoms with Crippen LogP contribution in [0, 0.1) is 5.82 Å². The van der Waals surface area contributed by atoms with Crippen LogP contribution in [-0.4, -0.2) is 18.6 Å². The number of rotatable bonds is 6. The van der Waals surface area contributed by atoms with Crippen LogP contribution in [0.25, 0.3) is 0 Å². The van der Waals surface area contributed by atoms with E-state index in [1.807, 2.05) is 12.1 Å². The lowest BCUT2D eigenvalue weighted by molar-refractivity contribution is -0.115. The summed E-state index contributed by atoms with van der Waals surface area (Å²) in [5.74, 6) is 0.128. The molecule has 1 aliphatic rings. The third-order valence-corrected chi connectivity index (χ3v) is 4.64. The largest absolute Gasteiger partial charge is 0.454 e. The van der Waals surface area contributed by atoms with Gasteiger partial charge in [0.2, 0.25) is 12.7 Å². The molecule has 3 aromatic rings. The summed E-state index contributed by atoms with van der Waals surface area (Å²) in [6, 6.07) is 18.2. The maximum Gasteiger partial charge on any atom is 0.253 e. The summed E-state index contributed by atoms with van der Waals surface area (Å²) in [4.78, 5) is 25.0. The van der Waals surface area contributed by atoms with Crippen LogP contribution < -0.4 is 20.1 Å². The summed E-state index contributed by atoms with van der Waals surface area (Å²) in [7, 11) is 0. The number of para-hydroxylation sites is 1. The van der Waals surface area contributed by atoms with E-state index in [2.05, 4.69) is 10.6 Å². The summed E-state index contributed by atoms with van der Waals surface area (Å²) >= 11 is 0. The quantitative estimate of drug-likeness (QED) is 0.655. The van der Waals surface area contributed by atoms with Crippen molar-refractivity contribution < 1.29 is 23.5 Å². The molecule has 0 atom stereocenters. The smallest absolute Gasteiger partial charge is 0.253 e. The third kappa shape index (κ3) is 4.41. The maximum atomic E-state index is 13.8. The van der Waals surface area contributed by atoms with E-state index in [1.54, 1.807) is 48.5 Å². The summed E-state index contributed by atoms with van der Waals surface area (Å²) < 4.78 is 24.4. The van der Waals surface area contributed by atoms with Crippen molar-refractivity contribution in [2.24, 2.45) is 0 Å². The number of carbonyl (C=O) groups excluding carboxylic acids is 2. The lowest BCUT2D eigenvalue weighted by Gasteiger charge is -2.12. The Morgan fingerprint density at radius 3 is 2.57 bits per heavy atom. The average molecular weight is 406 g/mol. The molecule has 0 aromatic heterocycles. The zero-order chi connectivity index (χ0) is 20.9. The highest BCUT2D eigenvalue weighted by Crippen LogP contribution is 2.32. The molecule has 0 fully saturated rings. The van der Waals surface area contributed by atoms with Crippen LogP contribution >= 0.6 is 0 Å². The van der Waals surface area contributed by atoms with Gasteiger partial charge in [-0.3, -0.25) is 9.59 Å². The van der Waals surface area contributed by atoms with Gasteiger partial charge in [0.25, 0.3) is 5.91 Å². The van der Waals surface area contributed by atoms with Crippen LogP contribution in [0.3, 0.4) is 0 Å². The fraction of sp³-hybridized carbons (Fsp3) is 0.130. The molecule has 3 aromatic carbocycles. The van der Waals surface area contributed by atoms with Crippen LogP contribution in [0.4, 0.5) is 10.1 Å². The van der Waals surface area contributed by atoms with E-state index in [1.165, 1.54) is 6.07 Å². The Morgan fingerprint density at radius 1 is 0.933 bits per heavy atom. The third-order valence-electron chi connectivity index (χ3n) is 4.64. The molecule has 7 heteroatoms.